The van der Waals surface area contributed by atoms with E-state index in [0.717, 1.165) is 15.6 Å². The number of carbonyl (C=O) groups is 1. The topological polar surface area (TPSA) is 78.8 Å². The van der Waals surface area contributed by atoms with E-state index in [1.54, 1.807) is 7.11 Å². The van der Waals surface area contributed by atoms with Crippen LogP contribution in [0, 0.1) is 0 Å². The van der Waals surface area contributed by atoms with Crippen molar-refractivity contribution < 1.29 is 19.7 Å². The summed E-state index contributed by atoms with van der Waals surface area (Å²) < 4.78 is 5.95. The Kier molecular flexibility index (Phi) is 5.08. The molecule has 1 aromatic heterocycles. The Morgan fingerprint density at radius 3 is 2.85 bits per heavy atom. The molecule has 1 atom stereocenters. The van der Waals surface area contributed by atoms with E-state index in [2.05, 4.69) is 5.32 Å². The molecule has 1 unspecified atom stereocenters. The molecule has 1 aromatic carbocycles. The number of rotatable bonds is 7. The molecule has 1 heterocycles. The second-order valence-corrected chi connectivity index (χ2v) is 5.48. The van der Waals surface area contributed by atoms with Gasteiger partial charge in [-0.25, -0.2) is 4.79 Å². The lowest BCUT2D eigenvalue weighted by Crippen LogP contribution is -2.36. The van der Waals surface area contributed by atoms with Crippen molar-refractivity contribution in [3.05, 3.63) is 34.7 Å². The number of aliphatic hydroxyl groups is 1. The van der Waals surface area contributed by atoms with Crippen LogP contribution in [0.1, 0.15) is 15.2 Å². The van der Waals surface area contributed by atoms with Crippen LogP contribution in [0.25, 0.3) is 10.1 Å². The molecule has 6 heteroatoms. The molecule has 0 radical (unpaired) electrons. The molecule has 2 rings (SSSR count). The summed E-state index contributed by atoms with van der Waals surface area (Å²) in [6.07, 6.45) is 0. The van der Waals surface area contributed by atoms with Crippen LogP contribution in [0.4, 0.5) is 0 Å². The van der Waals surface area contributed by atoms with E-state index in [1.165, 1.54) is 11.3 Å². The molecule has 0 aliphatic carbocycles. The van der Waals surface area contributed by atoms with Crippen LogP contribution in [-0.4, -0.2) is 42.5 Å². The molecule has 2 aromatic rings. The fraction of sp³-hybridized carbons (Fsp3) is 0.357. The first-order chi connectivity index (χ1) is 9.67. The van der Waals surface area contributed by atoms with Gasteiger partial charge in [-0.2, -0.15) is 0 Å². The van der Waals surface area contributed by atoms with Crippen molar-refractivity contribution >= 4 is 27.4 Å². The zero-order valence-corrected chi connectivity index (χ0v) is 11.9. The van der Waals surface area contributed by atoms with Crippen molar-refractivity contribution in [3.63, 3.8) is 0 Å². The van der Waals surface area contributed by atoms with E-state index >= 15 is 0 Å². The smallest absolute Gasteiger partial charge is 0.346 e. The molecule has 0 fully saturated rings. The van der Waals surface area contributed by atoms with Crippen molar-refractivity contribution in [1.29, 1.82) is 0 Å². The number of aliphatic hydroxyl groups excluding tert-OH is 1. The first-order valence-electron chi connectivity index (χ1n) is 6.24. The van der Waals surface area contributed by atoms with Gasteiger partial charge in [0.25, 0.3) is 0 Å². The zero-order chi connectivity index (χ0) is 14.5. The number of hydrogen-bond acceptors (Lipinski definition) is 5. The van der Waals surface area contributed by atoms with E-state index in [4.69, 9.17) is 4.74 Å². The van der Waals surface area contributed by atoms with Gasteiger partial charge in [0.05, 0.1) is 19.3 Å². The number of benzene rings is 1. The van der Waals surface area contributed by atoms with E-state index in [-0.39, 0.29) is 12.6 Å². The fourth-order valence-corrected chi connectivity index (χ4v) is 3.13. The summed E-state index contributed by atoms with van der Waals surface area (Å²) >= 11 is 1.27. The number of carboxylic acids is 1. The average Bonchev–Trinajstić information content (AvgIpc) is 2.82. The maximum atomic E-state index is 11.3. The maximum absolute atomic E-state index is 11.3. The van der Waals surface area contributed by atoms with Gasteiger partial charge in [0.1, 0.15) is 4.88 Å². The summed E-state index contributed by atoms with van der Waals surface area (Å²) in [5, 5.41) is 22.6. The minimum Gasteiger partial charge on any atom is -0.477 e. The summed E-state index contributed by atoms with van der Waals surface area (Å²) in [7, 11) is 1.56. The van der Waals surface area contributed by atoms with Crippen molar-refractivity contribution in [2.45, 2.75) is 12.6 Å². The highest BCUT2D eigenvalue weighted by atomic mass is 32.1. The van der Waals surface area contributed by atoms with Gasteiger partial charge in [0.2, 0.25) is 0 Å². The zero-order valence-electron chi connectivity index (χ0n) is 11.1. The molecule has 0 saturated carbocycles. The molecule has 0 saturated heterocycles. The second kappa shape index (κ2) is 6.81. The maximum Gasteiger partial charge on any atom is 0.346 e. The Balaban J connectivity index is 2.27. The average molecular weight is 295 g/mol. The molecule has 0 spiro atoms. The molecule has 3 N–H and O–H groups in total. The minimum atomic E-state index is -0.921. The van der Waals surface area contributed by atoms with E-state index < -0.39 is 5.97 Å². The molecule has 0 aliphatic heterocycles. The largest absolute Gasteiger partial charge is 0.477 e. The van der Waals surface area contributed by atoms with Crippen LogP contribution in [0.5, 0.6) is 0 Å². The summed E-state index contributed by atoms with van der Waals surface area (Å²) in [5.41, 5.74) is 0.757. The van der Waals surface area contributed by atoms with E-state index in [1.807, 2.05) is 24.3 Å². The molecule has 0 aliphatic rings. The highest BCUT2D eigenvalue weighted by Gasteiger charge is 2.18. The summed E-state index contributed by atoms with van der Waals surface area (Å²) in [6, 6.07) is 7.40. The van der Waals surface area contributed by atoms with Gasteiger partial charge in [-0.15, -0.1) is 11.3 Å². The van der Waals surface area contributed by atoms with Gasteiger partial charge >= 0.3 is 5.97 Å². The Bertz CT molecular complexity index is 596. The Morgan fingerprint density at radius 1 is 1.45 bits per heavy atom. The number of hydrogen-bond donors (Lipinski definition) is 3. The number of nitrogens with one attached hydrogen (secondary N) is 1. The number of carboxylic acid groups (broad SMARTS) is 1. The lowest BCUT2D eigenvalue weighted by molar-refractivity contribution is 0.0701. The van der Waals surface area contributed by atoms with Crippen LogP contribution < -0.4 is 5.32 Å². The lowest BCUT2D eigenvalue weighted by Gasteiger charge is -2.15. The van der Waals surface area contributed by atoms with Crippen molar-refractivity contribution in [1.82, 2.24) is 5.32 Å². The van der Waals surface area contributed by atoms with Crippen molar-refractivity contribution in [3.8, 4) is 0 Å². The highest BCUT2D eigenvalue weighted by Crippen LogP contribution is 2.31. The first kappa shape index (κ1) is 14.9. The summed E-state index contributed by atoms with van der Waals surface area (Å²) in [4.78, 5) is 11.7. The molecule has 108 valence electrons. The van der Waals surface area contributed by atoms with Crippen LogP contribution >= 0.6 is 11.3 Å². The van der Waals surface area contributed by atoms with E-state index in [0.29, 0.717) is 18.0 Å². The summed E-state index contributed by atoms with van der Waals surface area (Å²) in [5.74, 6) is -0.921. The van der Waals surface area contributed by atoms with Gasteiger partial charge < -0.3 is 20.3 Å². The Morgan fingerprint density at radius 2 is 2.20 bits per heavy atom. The first-order valence-corrected chi connectivity index (χ1v) is 7.06. The Labute approximate surface area is 120 Å². The second-order valence-electron chi connectivity index (χ2n) is 4.43. The number of thiophene rings is 1. The standard InChI is InChI=1S/C14H17NO4S/c1-19-8-9(7-16)15-6-11-10-4-2-3-5-12(10)20-13(11)14(17)18/h2-5,9,15-16H,6-8H2,1H3,(H,17,18). The number of methoxy groups -OCH3 is 1. The number of fused-ring (bicyclic) bond motifs is 1. The SMILES string of the molecule is COCC(CO)NCc1c(C(=O)O)sc2ccccc12. The van der Waals surface area contributed by atoms with Crippen LogP contribution in [0.2, 0.25) is 0 Å². The third-order valence-corrected chi connectivity index (χ3v) is 4.25. The van der Waals surface area contributed by atoms with Gasteiger partial charge in [-0.05, 0) is 17.0 Å². The van der Waals surface area contributed by atoms with Crippen molar-refractivity contribution in [2.24, 2.45) is 0 Å². The molecular formula is C14H17NO4S. The number of ether oxygens (including phenoxy) is 1. The number of aromatic carboxylic acids is 1. The lowest BCUT2D eigenvalue weighted by atomic mass is 10.1. The monoisotopic (exact) mass is 295 g/mol. The third kappa shape index (κ3) is 3.16. The summed E-state index contributed by atoms with van der Waals surface area (Å²) in [6.45, 7) is 0.708. The van der Waals surface area contributed by atoms with Gasteiger partial charge in [-0.3, -0.25) is 0 Å². The van der Waals surface area contributed by atoms with Crippen LogP contribution in [-0.2, 0) is 11.3 Å². The predicted octanol–water partition coefficient (Wildman–Crippen LogP) is 1.70. The van der Waals surface area contributed by atoms with Gasteiger partial charge in [-0.1, -0.05) is 18.2 Å². The minimum absolute atomic E-state index is 0.0572. The Hall–Kier alpha value is -1.47. The normalized spacial score (nSPS) is 12.7. The molecule has 0 amide bonds. The van der Waals surface area contributed by atoms with Gasteiger partial charge in [0, 0.05) is 18.4 Å². The highest BCUT2D eigenvalue weighted by molar-refractivity contribution is 7.21. The molecule has 20 heavy (non-hydrogen) atoms. The quantitative estimate of drug-likeness (QED) is 0.724. The van der Waals surface area contributed by atoms with Gasteiger partial charge in [0.15, 0.2) is 0 Å². The molecule has 5 nitrogen and oxygen atoms in total. The third-order valence-electron chi connectivity index (χ3n) is 3.05. The molecular weight excluding hydrogens is 278 g/mol. The fourth-order valence-electron chi connectivity index (χ4n) is 2.07. The van der Waals surface area contributed by atoms with Crippen molar-refractivity contribution in [2.75, 3.05) is 20.3 Å². The predicted molar refractivity (Wildman–Crippen MR) is 78.4 cm³/mol. The van der Waals surface area contributed by atoms with Crippen LogP contribution in [0.3, 0.4) is 0 Å². The van der Waals surface area contributed by atoms with E-state index in [9.17, 15) is 15.0 Å². The van der Waals surface area contributed by atoms with Crippen LogP contribution in [0.15, 0.2) is 24.3 Å². The molecule has 0 bridgehead atoms.